The van der Waals surface area contributed by atoms with Crippen molar-refractivity contribution in [2.75, 3.05) is 6.61 Å². The molecule has 1 atom stereocenters. The van der Waals surface area contributed by atoms with Gasteiger partial charge >= 0.3 is 5.97 Å². The number of benzene rings is 2. The molecule has 5 nitrogen and oxygen atoms in total. The summed E-state index contributed by atoms with van der Waals surface area (Å²) in [7, 11) is 0. The number of hydrogen-bond acceptors (Lipinski definition) is 4. The number of ether oxygens (including phenoxy) is 2. The van der Waals surface area contributed by atoms with Crippen LogP contribution in [-0.2, 0) is 17.9 Å². The Hall–Kier alpha value is -2.02. The van der Waals surface area contributed by atoms with Crippen molar-refractivity contribution in [3.63, 3.8) is 0 Å². The first-order valence-corrected chi connectivity index (χ1v) is 9.05. The minimum Gasteiger partial charge on any atom is -0.490 e. The number of carbonyl (C=O) groups is 1. The molecule has 146 valence electrons. The fourth-order valence-electron chi connectivity index (χ4n) is 2.24. The molecular weight excluding hydrogens is 396 g/mol. The first-order valence-electron chi connectivity index (χ1n) is 8.30. The molecule has 0 spiro atoms. The molecule has 0 radical (unpaired) electrons. The van der Waals surface area contributed by atoms with Gasteiger partial charge in [-0.15, -0.1) is 0 Å². The Morgan fingerprint density at radius 1 is 1.15 bits per heavy atom. The molecule has 0 aliphatic rings. The van der Waals surface area contributed by atoms with E-state index in [1.54, 1.807) is 25.1 Å². The Kier molecular flexibility index (Phi) is 7.71. The highest BCUT2D eigenvalue weighted by Gasteiger charge is 2.15. The van der Waals surface area contributed by atoms with Crippen LogP contribution in [0.1, 0.15) is 25.0 Å². The lowest BCUT2D eigenvalue weighted by Crippen LogP contribution is -2.33. The van der Waals surface area contributed by atoms with Gasteiger partial charge in [0.05, 0.1) is 11.6 Å². The van der Waals surface area contributed by atoms with E-state index in [0.29, 0.717) is 34.3 Å². The number of carboxylic acids is 1. The van der Waals surface area contributed by atoms with Gasteiger partial charge in [0.2, 0.25) is 0 Å². The summed E-state index contributed by atoms with van der Waals surface area (Å²) in [6, 6.07) is 6.66. The summed E-state index contributed by atoms with van der Waals surface area (Å²) in [5.74, 6) is -0.487. The van der Waals surface area contributed by atoms with Gasteiger partial charge < -0.3 is 19.9 Å². The molecule has 0 saturated carbocycles. The van der Waals surface area contributed by atoms with Gasteiger partial charge in [-0.3, -0.25) is 4.79 Å². The zero-order valence-electron chi connectivity index (χ0n) is 14.9. The minimum absolute atomic E-state index is 0.114. The predicted molar refractivity (Wildman–Crippen MR) is 102 cm³/mol. The van der Waals surface area contributed by atoms with Crippen LogP contribution in [0.4, 0.5) is 4.39 Å². The van der Waals surface area contributed by atoms with E-state index >= 15 is 0 Å². The van der Waals surface area contributed by atoms with Crippen LogP contribution < -0.4 is 14.8 Å². The Bertz CT molecular complexity index is 817. The second-order valence-corrected chi connectivity index (χ2v) is 6.60. The van der Waals surface area contributed by atoms with E-state index in [2.05, 4.69) is 5.32 Å². The molecule has 0 heterocycles. The van der Waals surface area contributed by atoms with Crippen molar-refractivity contribution in [1.29, 1.82) is 0 Å². The van der Waals surface area contributed by atoms with Crippen LogP contribution in [0, 0.1) is 5.82 Å². The van der Waals surface area contributed by atoms with Gasteiger partial charge in [-0.25, -0.2) is 4.39 Å². The smallest absolute Gasteiger partial charge is 0.320 e. The van der Waals surface area contributed by atoms with Crippen molar-refractivity contribution < 1.29 is 23.8 Å². The highest BCUT2D eigenvalue weighted by molar-refractivity contribution is 6.31. The lowest BCUT2D eigenvalue weighted by atomic mass is 10.1. The van der Waals surface area contributed by atoms with E-state index < -0.39 is 17.8 Å². The second kappa shape index (κ2) is 9.78. The summed E-state index contributed by atoms with van der Waals surface area (Å²) in [5, 5.41) is 12.5. The minimum atomic E-state index is -0.952. The van der Waals surface area contributed by atoms with Gasteiger partial charge in [0.1, 0.15) is 18.5 Å². The van der Waals surface area contributed by atoms with Gasteiger partial charge in [0.25, 0.3) is 0 Å². The number of nitrogens with one attached hydrogen (secondary N) is 1. The van der Waals surface area contributed by atoms with Gasteiger partial charge in [-0.2, -0.15) is 0 Å². The van der Waals surface area contributed by atoms with E-state index in [4.69, 9.17) is 37.8 Å². The van der Waals surface area contributed by atoms with Crippen molar-refractivity contribution in [1.82, 2.24) is 5.32 Å². The topological polar surface area (TPSA) is 67.8 Å². The summed E-state index contributed by atoms with van der Waals surface area (Å²) in [6.07, 6.45) is 0. The summed E-state index contributed by atoms with van der Waals surface area (Å²) in [4.78, 5) is 10.9. The molecule has 0 aromatic heterocycles. The zero-order valence-corrected chi connectivity index (χ0v) is 16.4. The molecular formula is C19H20Cl2FNO4. The molecule has 2 N–H and O–H groups in total. The van der Waals surface area contributed by atoms with Crippen LogP contribution >= 0.6 is 23.2 Å². The monoisotopic (exact) mass is 415 g/mol. The van der Waals surface area contributed by atoms with Gasteiger partial charge in [-0.1, -0.05) is 29.3 Å². The van der Waals surface area contributed by atoms with Crippen LogP contribution in [0.5, 0.6) is 11.5 Å². The third kappa shape index (κ3) is 5.99. The van der Waals surface area contributed by atoms with Gasteiger partial charge in [0.15, 0.2) is 11.5 Å². The number of rotatable bonds is 9. The molecule has 2 rings (SSSR count). The van der Waals surface area contributed by atoms with Gasteiger partial charge in [0, 0.05) is 23.2 Å². The van der Waals surface area contributed by atoms with Crippen LogP contribution in [0.15, 0.2) is 30.3 Å². The van der Waals surface area contributed by atoms with E-state index in [0.717, 1.165) is 0 Å². The molecule has 0 saturated heterocycles. The molecule has 2 aromatic rings. The highest BCUT2D eigenvalue weighted by Crippen LogP contribution is 2.34. The SMILES string of the molecule is CCOc1cc(CNC(C)C(=O)O)c(Cl)cc1OCc1ccc(F)cc1Cl. The number of halogens is 3. The van der Waals surface area contributed by atoms with Crippen molar-refractivity contribution in [2.45, 2.75) is 33.0 Å². The summed E-state index contributed by atoms with van der Waals surface area (Å²) in [6.45, 7) is 4.16. The van der Waals surface area contributed by atoms with Crippen molar-refractivity contribution in [3.8, 4) is 11.5 Å². The van der Waals surface area contributed by atoms with E-state index in [-0.39, 0.29) is 18.2 Å². The lowest BCUT2D eigenvalue weighted by Gasteiger charge is -2.16. The summed E-state index contributed by atoms with van der Waals surface area (Å²) in [5.41, 5.74) is 1.30. The predicted octanol–water partition coefficient (Wildman–Crippen LogP) is 4.67. The van der Waals surface area contributed by atoms with Gasteiger partial charge in [-0.05, 0) is 37.6 Å². The molecule has 0 amide bonds. The summed E-state index contributed by atoms with van der Waals surface area (Å²) >= 11 is 12.3. The van der Waals surface area contributed by atoms with Crippen molar-refractivity contribution in [3.05, 3.63) is 57.3 Å². The lowest BCUT2D eigenvalue weighted by molar-refractivity contribution is -0.139. The number of carboxylic acid groups (broad SMARTS) is 1. The first kappa shape index (κ1) is 21.3. The maximum Gasteiger partial charge on any atom is 0.320 e. The average molecular weight is 416 g/mol. The zero-order chi connectivity index (χ0) is 20.0. The van der Waals surface area contributed by atoms with Crippen LogP contribution in [0.3, 0.4) is 0 Å². The maximum absolute atomic E-state index is 13.1. The molecule has 0 fully saturated rings. The third-order valence-electron chi connectivity index (χ3n) is 3.78. The molecule has 0 aliphatic heterocycles. The third-order valence-corrected chi connectivity index (χ3v) is 4.48. The maximum atomic E-state index is 13.1. The quantitative estimate of drug-likeness (QED) is 0.622. The Morgan fingerprint density at radius 3 is 2.44 bits per heavy atom. The van der Waals surface area contributed by atoms with Crippen LogP contribution in [-0.4, -0.2) is 23.7 Å². The molecule has 1 unspecified atom stereocenters. The normalized spacial score (nSPS) is 11.9. The molecule has 0 aliphatic carbocycles. The molecule has 2 aromatic carbocycles. The standard InChI is InChI=1S/C19H20Cl2FNO4/c1-3-26-17-6-13(9-23-11(2)19(24)25)16(21)8-18(17)27-10-12-4-5-14(22)7-15(12)20/h4-8,11,23H,3,9-10H2,1-2H3,(H,24,25). The highest BCUT2D eigenvalue weighted by atomic mass is 35.5. The Morgan fingerprint density at radius 2 is 1.81 bits per heavy atom. The Balaban J connectivity index is 2.17. The van der Waals surface area contributed by atoms with Crippen molar-refractivity contribution >= 4 is 29.2 Å². The van der Waals surface area contributed by atoms with E-state index in [1.165, 1.54) is 12.1 Å². The van der Waals surface area contributed by atoms with E-state index in [9.17, 15) is 9.18 Å². The largest absolute Gasteiger partial charge is 0.490 e. The second-order valence-electron chi connectivity index (χ2n) is 5.79. The molecule has 8 heteroatoms. The van der Waals surface area contributed by atoms with E-state index in [1.807, 2.05) is 6.92 Å². The molecule has 27 heavy (non-hydrogen) atoms. The fraction of sp³-hybridized carbons (Fsp3) is 0.316. The fourth-order valence-corrected chi connectivity index (χ4v) is 2.68. The molecule has 0 bridgehead atoms. The van der Waals surface area contributed by atoms with Crippen LogP contribution in [0.2, 0.25) is 10.0 Å². The first-order chi connectivity index (χ1) is 12.8. The average Bonchev–Trinajstić information content (AvgIpc) is 2.61. The summed E-state index contributed by atoms with van der Waals surface area (Å²) < 4.78 is 24.5. The number of aliphatic carboxylic acids is 1. The number of hydrogen-bond donors (Lipinski definition) is 2. The Labute approximate surface area is 167 Å². The van der Waals surface area contributed by atoms with Crippen LogP contribution in [0.25, 0.3) is 0 Å². The van der Waals surface area contributed by atoms with Crippen molar-refractivity contribution in [2.24, 2.45) is 0 Å².